The molecule has 3 N–H and O–H groups in total. The molecule has 6 nitrogen and oxygen atoms in total. The van der Waals surface area contributed by atoms with E-state index in [-0.39, 0.29) is 16.9 Å². The van der Waals surface area contributed by atoms with Gasteiger partial charge < -0.3 is 11.1 Å². The Morgan fingerprint density at radius 3 is 2.65 bits per heavy atom. The predicted octanol–water partition coefficient (Wildman–Crippen LogP) is 3.79. The number of nitrogens with zero attached hydrogens (tertiary/aromatic N) is 3. The van der Waals surface area contributed by atoms with E-state index in [1.165, 1.54) is 16.8 Å². The Labute approximate surface area is 157 Å². The predicted molar refractivity (Wildman–Crippen MR) is 99.5 cm³/mol. The molecule has 8 heteroatoms. The number of carbonyl (C=O) groups excluding carboxylic acids is 1. The molecule has 0 radical (unpaired) electrons. The number of anilines is 2. The SMILES string of the molecule is Cc1nn(-c2ccc(F)c(C#N)c2)c(C(=O)Nc2ccc(Br)cc2)c1N. The van der Waals surface area contributed by atoms with Crippen molar-refractivity contribution in [3.63, 3.8) is 0 Å². The van der Waals surface area contributed by atoms with Crippen molar-refractivity contribution in [2.75, 3.05) is 11.1 Å². The van der Waals surface area contributed by atoms with Crippen LogP contribution < -0.4 is 11.1 Å². The third-order valence-corrected chi connectivity index (χ3v) is 4.27. The van der Waals surface area contributed by atoms with Crippen molar-refractivity contribution in [2.45, 2.75) is 6.92 Å². The Balaban J connectivity index is 2.04. The third-order valence-electron chi connectivity index (χ3n) is 3.74. The normalized spacial score (nSPS) is 10.4. The van der Waals surface area contributed by atoms with Crippen LogP contribution >= 0.6 is 15.9 Å². The molecule has 0 fully saturated rings. The molecule has 1 aromatic heterocycles. The molecule has 130 valence electrons. The summed E-state index contributed by atoms with van der Waals surface area (Å²) in [6.07, 6.45) is 0. The fourth-order valence-electron chi connectivity index (χ4n) is 2.40. The lowest BCUT2D eigenvalue weighted by Crippen LogP contribution is -2.18. The second-order valence-electron chi connectivity index (χ2n) is 5.50. The summed E-state index contributed by atoms with van der Waals surface area (Å²) in [4.78, 5) is 12.7. The van der Waals surface area contributed by atoms with Crippen molar-refractivity contribution >= 4 is 33.2 Å². The maximum atomic E-state index is 13.6. The van der Waals surface area contributed by atoms with Gasteiger partial charge in [0.25, 0.3) is 5.91 Å². The average molecular weight is 414 g/mol. The lowest BCUT2D eigenvalue weighted by molar-refractivity contribution is 0.102. The molecule has 26 heavy (non-hydrogen) atoms. The number of carbonyl (C=O) groups is 1. The van der Waals surface area contributed by atoms with Crippen LogP contribution in [0.25, 0.3) is 5.69 Å². The van der Waals surface area contributed by atoms with Gasteiger partial charge in [-0.25, -0.2) is 9.07 Å². The molecular weight excluding hydrogens is 401 g/mol. The van der Waals surface area contributed by atoms with Gasteiger partial charge in [0.15, 0.2) is 5.69 Å². The summed E-state index contributed by atoms with van der Waals surface area (Å²) >= 11 is 3.33. The number of nitrogens with one attached hydrogen (secondary N) is 1. The van der Waals surface area contributed by atoms with Gasteiger partial charge in [-0.05, 0) is 49.4 Å². The first-order chi connectivity index (χ1) is 12.4. The summed E-state index contributed by atoms with van der Waals surface area (Å²) in [5, 5.41) is 16.0. The van der Waals surface area contributed by atoms with Crippen molar-refractivity contribution in [1.82, 2.24) is 9.78 Å². The van der Waals surface area contributed by atoms with Crippen LogP contribution in [0, 0.1) is 24.1 Å². The van der Waals surface area contributed by atoms with Crippen LogP contribution in [-0.4, -0.2) is 15.7 Å². The summed E-state index contributed by atoms with van der Waals surface area (Å²) in [6, 6.07) is 12.7. The first-order valence-electron chi connectivity index (χ1n) is 7.52. The van der Waals surface area contributed by atoms with Crippen LogP contribution in [0.5, 0.6) is 0 Å². The largest absolute Gasteiger partial charge is 0.395 e. The van der Waals surface area contributed by atoms with E-state index in [0.29, 0.717) is 17.1 Å². The Hall–Kier alpha value is -3.18. The van der Waals surface area contributed by atoms with E-state index in [0.717, 1.165) is 10.5 Å². The Bertz CT molecular complexity index is 1040. The first-order valence-corrected chi connectivity index (χ1v) is 8.32. The zero-order chi connectivity index (χ0) is 18.8. The van der Waals surface area contributed by atoms with Gasteiger partial charge >= 0.3 is 0 Å². The summed E-state index contributed by atoms with van der Waals surface area (Å²) < 4.78 is 15.8. The zero-order valence-corrected chi connectivity index (χ0v) is 15.2. The number of rotatable bonds is 3. The van der Waals surface area contributed by atoms with Crippen molar-refractivity contribution in [2.24, 2.45) is 0 Å². The molecular formula is C18H13BrFN5O. The molecule has 1 amide bonds. The number of nitriles is 1. The topological polar surface area (TPSA) is 96.7 Å². The maximum Gasteiger partial charge on any atom is 0.276 e. The van der Waals surface area contributed by atoms with Crippen LogP contribution in [0.1, 0.15) is 21.7 Å². The standard InChI is InChI=1S/C18H13BrFN5O/c1-10-16(22)17(18(26)23-13-4-2-12(19)3-5-13)25(24-10)14-6-7-15(20)11(8-14)9-21/h2-8H,22H2,1H3,(H,23,26). The van der Waals surface area contributed by atoms with E-state index in [1.807, 2.05) is 0 Å². The van der Waals surface area contributed by atoms with Crippen molar-refractivity contribution in [1.29, 1.82) is 5.26 Å². The van der Waals surface area contributed by atoms with Crippen LogP contribution in [0.4, 0.5) is 15.8 Å². The first kappa shape index (κ1) is 17.6. The fourth-order valence-corrected chi connectivity index (χ4v) is 2.66. The minimum atomic E-state index is -0.644. The van der Waals surface area contributed by atoms with Gasteiger partial charge in [0, 0.05) is 10.2 Å². The molecule has 1 heterocycles. The highest BCUT2D eigenvalue weighted by Gasteiger charge is 2.21. The summed E-state index contributed by atoms with van der Waals surface area (Å²) in [5.41, 5.74) is 7.61. The van der Waals surface area contributed by atoms with Crippen molar-refractivity contribution in [3.05, 3.63) is 69.7 Å². The van der Waals surface area contributed by atoms with E-state index < -0.39 is 11.7 Å². The minimum Gasteiger partial charge on any atom is -0.395 e. The zero-order valence-electron chi connectivity index (χ0n) is 13.6. The highest BCUT2D eigenvalue weighted by atomic mass is 79.9. The number of nitrogen functional groups attached to an aromatic ring is 1. The number of halogens is 2. The smallest absolute Gasteiger partial charge is 0.276 e. The second-order valence-corrected chi connectivity index (χ2v) is 6.41. The number of hydrogen-bond donors (Lipinski definition) is 2. The van der Waals surface area contributed by atoms with Gasteiger partial charge in [0.1, 0.15) is 11.9 Å². The number of aryl methyl sites for hydroxylation is 1. The third kappa shape index (κ3) is 3.30. The number of amides is 1. The lowest BCUT2D eigenvalue weighted by Gasteiger charge is -2.10. The minimum absolute atomic E-state index is 0.112. The fraction of sp³-hybridized carbons (Fsp3) is 0.0556. The number of aromatic nitrogens is 2. The molecule has 0 bridgehead atoms. The van der Waals surface area contributed by atoms with Gasteiger partial charge in [-0.3, -0.25) is 4.79 Å². The van der Waals surface area contributed by atoms with Crippen molar-refractivity contribution in [3.8, 4) is 11.8 Å². The summed E-state index contributed by atoms with van der Waals surface area (Å²) in [6.45, 7) is 1.66. The monoisotopic (exact) mass is 413 g/mol. The average Bonchev–Trinajstić information content (AvgIpc) is 2.92. The molecule has 0 spiro atoms. The molecule has 3 aromatic rings. The van der Waals surface area contributed by atoms with Gasteiger partial charge in [-0.1, -0.05) is 15.9 Å². The molecule has 0 atom stereocenters. The lowest BCUT2D eigenvalue weighted by atomic mass is 10.2. The van der Waals surface area contributed by atoms with E-state index >= 15 is 0 Å². The quantitative estimate of drug-likeness (QED) is 0.682. The Kier molecular flexibility index (Phi) is 4.73. The van der Waals surface area contributed by atoms with Crippen LogP contribution in [-0.2, 0) is 0 Å². The number of nitrogens with two attached hydrogens (primary N) is 1. The van der Waals surface area contributed by atoms with E-state index in [1.54, 1.807) is 37.3 Å². The maximum absolute atomic E-state index is 13.6. The highest BCUT2D eigenvalue weighted by Crippen LogP contribution is 2.24. The van der Waals surface area contributed by atoms with E-state index in [2.05, 4.69) is 26.3 Å². The molecule has 0 aliphatic rings. The second kappa shape index (κ2) is 6.98. The number of hydrogen-bond acceptors (Lipinski definition) is 4. The Morgan fingerprint density at radius 2 is 2.00 bits per heavy atom. The van der Waals surface area contributed by atoms with Crippen LogP contribution in [0.15, 0.2) is 46.9 Å². The Morgan fingerprint density at radius 1 is 1.31 bits per heavy atom. The van der Waals surface area contributed by atoms with Gasteiger partial charge in [-0.15, -0.1) is 0 Å². The summed E-state index contributed by atoms with van der Waals surface area (Å²) in [5.74, 6) is -1.11. The number of benzene rings is 2. The molecule has 0 unspecified atom stereocenters. The summed E-state index contributed by atoms with van der Waals surface area (Å²) in [7, 11) is 0. The van der Waals surface area contributed by atoms with E-state index in [9.17, 15) is 9.18 Å². The van der Waals surface area contributed by atoms with Crippen molar-refractivity contribution < 1.29 is 9.18 Å². The van der Waals surface area contributed by atoms with Crippen LogP contribution in [0.3, 0.4) is 0 Å². The molecule has 0 saturated carbocycles. The van der Waals surface area contributed by atoms with Crippen LogP contribution in [0.2, 0.25) is 0 Å². The molecule has 0 aliphatic heterocycles. The van der Waals surface area contributed by atoms with Gasteiger partial charge in [0.05, 0.1) is 22.6 Å². The molecule has 0 saturated heterocycles. The highest BCUT2D eigenvalue weighted by molar-refractivity contribution is 9.10. The van der Waals surface area contributed by atoms with Gasteiger partial charge in [0.2, 0.25) is 0 Å². The molecule has 0 aliphatic carbocycles. The molecule has 2 aromatic carbocycles. The van der Waals surface area contributed by atoms with Gasteiger partial charge in [-0.2, -0.15) is 10.4 Å². The van der Waals surface area contributed by atoms with E-state index in [4.69, 9.17) is 11.0 Å². The molecule has 3 rings (SSSR count).